The van der Waals surface area contributed by atoms with Crippen molar-refractivity contribution < 1.29 is 5.11 Å². The number of imidazole rings is 1. The van der Waals surface area contributed by atoms with E-state index in [4.69, 9.17) is 0 Å². The molecule has 1 saturated heterocycles. The first kappa shape index (κ1) is 14.5. The van der Waals surface area contributed by atoms with Gasteiger partial charge in [0.2, 0.25) is 0 Å². The molecule has 1 aliphatic heterocycles. The minimum Gasteiger partial charge on any atom is -0.395 e. The number of aromatic nitrogens is 2. The molecule has 1 aliphatic rings. The summed E-state index contributed by atoms with van der Waals surface area (Å²) < 4.78 is 2.29. The first-order chi connectivity index (χ1) is 10.2. The van der Waals surface area contributed by atoms with Gasteiger partial charge in [-0.05, 0) is 44.4 Å². The Morgan fingerprint density at radius 2 is 2.10 bits per heavy atom. The molecule has 1 fully saturated rings. The van der Waals surface area contributed by atoms with Gasteiger partial charge in [0.15, 0.2) is 0 Å². The van der Waals surface area contributed by atoms with Crippen LogP contribution in [0.25, 0.3) is 11.0 Å². The van der Waals surface area contributed by atoms with Crippen LogP contribution in [0, 0.1) is 12.8 Å². The van der Waals surface area contributed by atoms with Crippen molar-refractivity contribution in [2.45, 2.75) is 39.3 Å². The number of aryl methyl sites for hydroxylation is 1. The quantitative estimate of drug-likeness (QED) is 0.939. The molecule has 0 aliphatic carbocycles. The number of para-hydroxylation sites is 2. The summed E-state index contributed by atoms with van der Waals surface area (Å²) in [4.78, 5) is 7.07. The third kappa shape index (κ3) is 2.83. The molecule has 114 valence electrons. The molecule has 4 nitrogen and oxygen atoms in total. The lowest BCUT2D eigenvalue weighted by Gasteiger charge is -2.39. The summed E-state index contributed by atoms with van der Waals surface area (Å²) in [5, 5.41) is 9.65. The lowest BCUT2D eigenvalue weighted by atomic mass is 9.91. The number of aliphatic hydroxyl groups excluding tert-OH is 1. The summed E-state index contributed by atoms with van der Waals surface area (Å²) in [7, 11) is 0. The molecule has 2 atom stereocenters. The van der Waals surface area contributed by atoms with Crippen LogP contribution in [0.15, 0.2) is 24.3 Å². The van der Waals surface area contributed by atoms with Crippen molar-refractivity contribution in [2.24, 2.45) is 5.92 Å². The van der Waals surface area contributed by atoms with Crippen LogP contribution in [-0.2, 0) is 6.54 Å². The van der Waals surface area contributed by atoms with E-state index in [2.05, 4.69) is 46.5 Å². The molecule has 4 heteroatoms. The van der Waals surface area contributed by atoms with Crippen molar-refractivity contribution in [3.05, 3.63) is 30.1 Å². The molecule has 21 heavy (non-hydrogen) atoms. The predicted molar refractivity (Wildman–Crippen MR) is 85.3 cm³/mol. The summed E-state index contributed by atoms with van der Waals surface area (Å²) >= 11 is 0. The summed E-state index contributed by atoms with van der Waals surface area (Å²) in [6.07, 6.45) is 2.47. The Kier molecular flexibility index (Phi) is 4.27. The van der Waals surface area contributed by atoms with E-state index < -0.39 is 0 Å². The zero-order valence-corrected chi connectivity index (χ0v) is 13.0. The fraction of sp³-hybridized carbons (Fsp3) is 0.588. The Balaban J connectivity index is 1.75. The first-order valence-electron chi connectivity index (χ1n) is 7.97. The topological polar surface area (TPSA) is 41.3 Å². The van der Waals surface area contributed by atoms with Crippen molar-refractivity contribution in [2.75, 3.05) is 19.7 Å². The van der Waals surface area contributed by atoms with E-state index in [-0.39, 0.29) is 6.61 Å². The molecule has 0 radical (unpaired) electrons. The first-order valence-corrected chi connectivity index (χ1v) is 7.97. The highest BCUT2D eigenvalue weighted by molar-refractivity contribution is 5.75. The Hall–Kier alpha value is -1.39. The van der Waals surface area contributed by atoms with E-state index in [0.717, 1.165) is 31.0 Å². The smallest absolute Gasteiger partial charge is 0.106 e. The van der Waals surface area contributed by atoms with Gasteiger partial charge in [0.1, 0.15) is 5.82 Å². The number of benzene rings is 1. The summed E-state index contributed by atoms with van der Waals surface area (Å²) in [6.45, 7) is 7.62. The maximum atomic E-state index is 9.65. The number of likely N-dealkylation sites (tertiary alicyclic amines) is 1. The Morgan fingerprint density at radius 3 is 2.90 bits per heavy atom. The fourth-order valence-electron chi connectivity index (χ4n) is 3.61. The van der Waals surface area contributed by atoms with E-state index in [9.17, 15) is 5.11 Å². The largest absolute Gasteiger partial charge is 0.395 e. The van der Waals surface area contributed by atoms with E-state index in [1.807, 2.05) is 6.07 Å². The zero-order chi connectivity index (χ0) is 14.8. The average Bonchev–Trinajstić information content (AvgIpc) is 2.80. The molecule has 2 unspecified atom stereocenters. The van der Waals surface area contributed by atoms with Crippen LogP contribution in [0.1, 0.15) is 25.6 Å². The van der Waals surface area contributed by atoms with Gasteiger partial charge < -0.3 is 9.67 Å². The Labute approximate surface area is 126 Å². The van der Waals surface area contributed by atoms with E-state index in [1.165, 1.54) is 18.4 Å². The normalized spacial score (nSPS) is 23.8. The van der Waals surface area contributed by atoms with E-state index in [0.29, 0.717) is 12.0 Å². The van der Waals surface area contributed by atoms with Gasteiger partial charge in [-0.1, -0.05) is 19.1 Å². The fourth-order valence-corrected chi connectivity index (χ4v) is 3.61. The number of hydrogen-bond donors (Lipinski definition) is 1. The second-order valence-electron chi connectivity index (χ2n) is 6.20. The maximum Gasteiger partial charge on any atom is 0.106 e. The number of rotatable bonds is 4. The Morgan fingerprint density at radius 1 is 1.29 bits per heavy atom. The van der Waals surface area contributed by atoms with Crippen LogP contribution in [0.5, 0.6) is 0 Å². The molecule has 1 aromatic carbocycles. The van der Waals surface area contributed by atoms with Crippen LogP contribution in [0.3, 0.4) is 0 Å². The molecule has 0 bridgehead atoms. The van der Waals surface area contributed by atoms with Crippen molar-refractivity contribution in [1.82, 2.24) is 14.5 Å². The highest BCUT2D eigenvalue weighted by atomic mass is 16.3. The molecule has 1 N–H and O–H groups in total. The van der Waals surface area contributed by atoms with E-state index in [1.54, 1.807) is 0 Å². The number of aliphatic hydroxyl groups is 1. The minimum atomic E-state index is 0.269. The second kappa shape index (κ2) is 6.16. The van der Waals surface area contributed by atoms with Crippen LogP contribution in [0.2, 0.25) is 0 Å². The zero-order valence-electron chi connectivity index (χ0n) is 13.0. The number of fused-ring (bicyclic) bond motifs is 1. The maximum absolute atomic E-state index is 9.65. The van der Waals surface area contributed by atoms with Crippen LogP contribution >= 0.6 is 0 Å². The third-order valence-corrected chi connectivity index (χ3v) is 4.87. The van der Waals surface area contributed by atoms with Crippen molar-refractivity contribution >= 4 is 11.0 Å². The third-order valence-electron chi connectivity index (χ3n) is 4.87. The van der Waals surface area contributed by atoms with Gasteiger partial charge in [-0.25, -0.2) is 4.98 Å². The van der Waals surface area contributed by atoms with Gasteiger partial charge in [0, 0.05) is 19.1 Å². The monoisotopic (exact) mass is 287 g/mol. The van der Waals surface area contributed by atoms with Gasteiger partial charge in [0.25, 0.3) is 0 Å². The number of piperidine rings is 1. The molecule has 2 heterocycles. The minimum absolute atomic E-state index is 0.269. The SMILES string of the molecule is Cc1nc2ccccc2n1CCN1CCCC(C)C1CO. The highest BCUT2D eigenvalue weighted by Gasteiger charge is 2.27. The highest BCUT2D eigenvalue weighted by Crippen LogP contribution is 2.23. The number of hydrogen-bond acceptors (Lipinski definition) is 3. The average molecular weight is 287 g/mol. The van der Waals surface area contributed by atoms with Crippen molar-refractivity contribution in [3.63, 3.8) is 0 Å². The summed E-state index contributed by atoms with van der Waals surface area (Å²) in [6, 6.07) is 8.62. The van der Waals surface area contributed by atoms with Crippen LogP contribution < -0.4 is 0 Å². The molecule has 0 amide bonds. The van der Waals surface area contributed by atoms with Gasteiger partial charge in [-0.2, -0.15) is 0 Å². The van der Waals surface area contributed by atoms with E-state index >= 15 is 0 Å². The second-order valence-corrected chi connectivity index (χ2v) is 6.20. The molecule has 0 spiro atoms. The molecular formula is C17H25N3O. The lowest BCUT2D eigenvalue weighted by Crippen LogP contribution is -2.47. The standard InChI is InChI=1S/C17H25N3O/c1-13-6-5-9-19(17(13)12-21)10-11-20-14(2)18-15-7-3-4-8-16(15)20/h3-4,7-8,13,17,21H,5-6,9-12H2,1-2H3. The van der Waals surface area contributed by atoms with Crippen molar-refractivity contribution in [1.29, 1.82) is 0 Å². The van der Waals surface area contributed by atoms with Gasteiger partial charge in [-0.15, -0.1) is 0 Å². The predicted octanol–water partition coefficient (Wildman–Crippen LogP) is 2.44. The number of nitrogens with zero attached hydrogens (tertiary/aromatic N) is 3. The molecular weight excluding hydrogens is 262 g/mol. The molecule has 2 aromatic rings. The summed E-state index contributed by atoms with van der Waals surface area (Å²) in [5.41, 5.74) is 2.28. The molecule has 1 aromatic heterocycles. The van der Waals surface area contributed by atoms with Gasteiger partial charge in [-0.3, -0.25) is 4.90 Å². The van der Waals surface area contributed by atoms with Crippen LogP contribution in [-0.4, -0.2) is 45.3 Å². The van der Waals surface area contributed by atoms with Crippen LogP contribution in [0.4, 0.5) is 0 Å². The summed E-state index contributed by atoms with van der Waals surface area (Å²) in [5.74, 6) is 1.66. The van der Waals surface area contributed by atoms with Gasteiger partial charge >= 0.3 is 0 Å². The Bertz CT molecular complexity index is 607. The van der Waals surface area contributed by atoms with Crippen molar-refractivity contribution in [3.8, 4) is 0 Å². The molecule has 3 rings (SSSR count). The lowest BCUT2D eigenvalue weighted by molar-refractivity contribution is 0.0506. The molecule has 0 saturated carbocycles. The van der Waals surface area contributed by atoms with Gasteiger partial charge in [0.05, 0.1) is 17.6 Å².